The average molecular weight is 373 g/mol. The fourth-order valence-electron chi connectivity index (χ4n) is 1.55. The van der Waals surface area contributed by atoms with Crippen molar-refractivity contribution in [2.45, 2.75) is 19.8 Å². The van der Waals surface area contributed by atoms with Gasteiger partial charge in [-0.3, -0.25) is 9.89 Å². The Bertz CT molecular complexity index is 610. The molecule has 0 radical (unpaired) electrons. The van der Waals surface area contributed by atoms with Crippen LogP contribution >= 0.6 is 22.6 Å². The Labute approximate surface area is 123 Å². The molecule has 2 aromatic rings. The monoisotopic (exact) mass is 373 g/mol. The number of anilines is 1. The van der Waals surface area contributed by atoms with Gasteiger partial charge in [-0.05, 0) is 46.7 Å². The Morgan fingerprint density at radius 3 is 2.79 bits per heavy atom. The molecule has 6 heteroatoms. The molecule has 0 spiro atoms. The summed E-state index contributed by atoms with van der Waals surface area (Å²) in [6.07, 6.45) is 0. The number of hydrogen-bond donors (Lipinski definition) is 2. The maximum atomic E-state index is 13.2. The minimum atomic E-state index is -0.435. The second kappa shape index (κ2) is 5.68. The number of rotatable bonds is 3. The second-order valence-corrected chi connectivity index (χ2v) is 5.60. The van der Waals surface area contributed by atoms with E-state index in [9.17, 15) is 9.18 Å². The van der Waals surface area contributed by atoms with Crippen LogP contribution in [-0.4, -0.2) is 16.1 Å². The molecule has 1 heterocycles. The lowest BCUT2D eigenvalue weighted by Crippen LogP contribution is -2.14. The molecule has 0 saturated heterocycles. The van der Waals surface area contributed by atoms with Crippen LogP contribution in [0.4, 0.5) is 10.2 Å². The summed E-state index contributed by atoms with van der Waals surface area (Å²) in [6, 6.07) is 5.88. The molecule has 4 nitrogen and oxygen atoms in total. The molecule has 0 atom stereocenters. The fourth-order valence-corrected chi connectivity index (χ4v) is 2.13. The van der Waals surface area contributed by atoms with E-state index in [4.69, 9.17) is 0 Å². The number of nitrogens with one attached hydrogen (secondary N) is 2. The SMILES string of the molecule is CC(C)c1cc(NC(=O)c2cc(F)ccc2I)n[nH]1. The van der Waals surface area contributed by atoms with Crippen molar-refractivity contribution < 1.29 is 9.18 Å². The maximum absolute atomic E-state index is 13.2. The van der Waals surface area contributed by atoms with Crippen molar-refractivity contribution in [2.24, 2.45) is 0 Å². The molecule has 1 aromatic heterocycles. The molecule has 0 bridgehead atoms. The van der Waals surface area contributed by atoms with E-state index in [1.54, 1.807) is 12.1 Å². The molecule has 0 fully saturated rings. The van der Waals surface area contributed by atoms with Gasteiger partial charge in [0.2, 0.25) is 0 Å². The number of nitrogens with zero attached hydrogens (tertiary/aromatic N) is 1. The van der Waals surface area contributed by atoms with Gasteiger partial charge >= 0.3 is 0 Å². The number of carbonyl (C=O) groups is 1. The van der Waals surface area contributed by atoms with E-state index in [0.29, 0.717) is 20.9 Å². The predicted molar refractivity (Wildman–Crippen MR) is 79.7 cm³/mol. The molecule has 0 aliphatic rings. The number of H-pyrrole nitrogens is 1. The highest BCUT2D eigenvalue weighted by molar-refractivity contribution is 14.1. The number of hydrogen-bond acceptors (Lipinski definition) is 2. The number of carbonyl (C=O) groups excluding carboxylic acids is 1. The van der Waals surface area contributed by atoms with E-state index in [1.807, 2.05) is 36.4 Å². The zero-order valence-corrected chi connectivity index (χ0v) is 12.7. The van der Waals surface area contributed by atoms with E-state index < -0.39 is 5.82 Å². The van der Waals surface area contributed by atoms with Gasteiger partial charge in [0, 0.05) is 15.3 Å². The summed E-state index contributed by atoms with van der Waals surface area (Å²) in [7, 11) is 0. The Morgan fingerprint density at radius 1 is 1.42 bits per heavy atom. The minimum Gasteiger partial charge on any atom is -0.305 e. The molecule has 2 N–H and O–H groups in total. The second-order valence-electron chi connectivity index (χ2n) is 4.44. The number of benzene rings is 1. The van der Waals surface area contributed by atoms with Crippen LogP contribution in [0.3, 0.4) is 0 Å². The molecule has 0 unspecified atom stereocenters. The highest BCUT2D eigenvalue weighted by atomic mass is 127. The Balaban J connectivity index is 2.18. The van der Waals surface area contributed by atoms with Crippen LogP contribution in [0.15, 0.2) is 24.3 Å². The Kier molecular flexibility index (Phi) is 4.18. The lowest BCUT2D eigenvalue weighted by molar-refractivity contribution is 0.102. The summed E-state index contributed by atoms with van der Waals surface area (Å²) in [5, 5.41) is 9.50. The first-order valence-corrected chi connectivity index (χ1v) is 6.87. The van der Waals surface area contributed by atoms with Crippen LogP contribution in [0.25, 0.3) is 0 Å². The molecule has 0 saturated carbocycles. The summed E-state index contributed by atoms with van der Waals surface area (Å²) in [5.41, 5.74) is 1.24. The van der Waals surface area contributed by atoms with E-state index in [2.05, 4.69) is 15.5 Å². The van der Waals surface area contributed by atoms with Crippen LogP contribution in [-0.2, 0) is 0 Å². The predicted octanol–water partition coefficient (Wildman–Crippen LogP) is 3.53. The number of halogens is 2. The molecule has 1 amide bonds. The van der Waals surface area contributed by atoms with Crippen LogP contribution in [0, 0.1) is 9.39 Å². The van der Waals surface area contributed by atoms with Crippen LogP contribution in [0.1, 0.15) is 35.8 Å². The number of aromatic nitrogens is 2. The van der Waals surface area contributed by atoms with Gasteiger partial charge in [0.25, 0.3) is 5.91 Å². The number of aromatic amines is 1. The average Bonchev–Trinajstić information content (AvgIpc) is 2.80. The van der Waals surface area contributed by atoms with Crippen molar-refractivity contribution >= 4 is 34.3 Å². The van der Waals surface area contributed by atoms with Gasteiger partial charge in [0.15, 0.2) is 5.82 Å². The van der Waals surface area contributed by atoms with Gasteiger partial charge in [-0.15, -0.1) is 0 Å². The standard InChI is InChI=1S/C13H13FIN3O/c1-7(2)11-6-12(18-17-11)16-13(19)9-5-8(14)3-4-10(9)15/h3-7H,1-2H3,(H2,16,17,18,19). The quantitative estimate of drug-likeness (QED) is 0.809. The van der Waals surface area contributed by atoms with E-state index >= 15 is 0 Å². The maximum Gasteiger partial charge on any atom is 0.258 e. The fraction of sp³-hybridized carbons (Fsp3) is 0.231. The van der Waals surface area contributed by atoms with Gasteiger partial charge in [-0.2, -0.15) is 5.10 Å². The molecule has 2 rings (SSSR count). The third kappa shape index (κ3) is 3.31. The van der Waals surface area contributed by atoms with Crippen molar-refractivity contribution in [3.05, 3.63) is 44.9 Å². The first-order valence-electron chi connectivity index (χ1n) is 5.79. The molecule has 19 heavy (non-hydrogen) atoms. The first kappa shape index (κ1) is 14.0. The van der Waals surface area contributed by atoms with Gasteiger partial charge in [-0.1, -0.05) is 13.8 Å². The molecular formula is C13H13FIN3O. The Morgan fingerprint density at radius 2 is 2.16 bits per heavy atom. The summed E-state index contributed by atoms with van der Waals surface area (Å²) in [5.74, 6) is -0.0672. The summed E-state index contributed by atoms with van der Waals surface area (Å²) < 4.78 is 13.8. The summed E-state index contributed by atoms with van der Waals surface area (Å²) in [4.78, 5) is 12.0. The largest absolute Gasteiger partial charge is 0.305 e. The van der Waals surface area contributed by atoms with Crippen molar-refractivity contribution in [1.29, 1.82) is 0 Å². The molecule has 0 aliphatic carbocycles. The topological polar surface area (TPSA) is 57.8 Å². The molecule has 0 aliphatic heterocycles. The van der Waals surface area contributed by atoms with Crippen LogP contribution in [0.5, 0.6) is 0 Å². The molecule has 100 valence electrons. The third-order valence-electron chi connectivity index (χ3n) is 2.63. The van der Waals surface area contributed by atoms with Crippen LogP contribution < -0.4 is 5.32 Å². The lowest BCUT2D eigenvalue weighted by atomic mass is 10.1. The van der Waals surface area contributed by atoms with Crippen LogP contribution in [0.2, 0.25) is 0 Å². The van der Waals surface area contributed by atoms with E-state index in [-0.39, 0.29) is 5.91 Å². The highest BCUT2D eigenvalue weighted by Gasteiger charge is 2.13. The smallest absolute Gasteiger partial charge is 0.258 e. The molecular weight excluding hydrogens is 360 g/mol. The van der Waals surface area contributed by atoms with Gasteiger partial charge in [0.1, 0.15) is 5.82 Å². The van der Waals surface area contributed by atoms with E-state index in [0.717, 1.165) is 5.69 Å². The van der Waals surface area contributed by atoms with Crippen molar-refractivity contribution in [3.63, 3.8) is 0 Å². The third-order valence-corrected chi connectivity index (χ3v) is 3.57. The summed E-state index contributed by atoms with van der Waals surface area (Å²) in [6.45, 7) is 4.04. The normalized spacial score (nSPS) is 10.8. The van der Waals surface area contributed by atoms with Crippen molar-refractivity contribution in [1.82, 2.24) is 10.2 Å². The minimum absolute atomic E-state index is 0.299. The van der Waals surface area contributed by atoms with E-state index in [1.165, 1.54) is 12.1 Å². The number of amides is 1. The zero-order valence-electron chi connectivity index (χ0n) is 10.5. The van der Waals surface area contributed by atoms with Gasteiger partial charge < -0.3 is 5.32 Å². The summed E-state index contributed by atoms with van der Waals surface area (Å²) >= 11 is 2.00. The highest BCUT2D eigenvalue weighted by Crippen LogP contribution is 2.18. The van der Waals surface area contributed by atoms with Crippen molar-refractivity contribution in [2.75, 3.05) is 5.32 Å². The Hall–Kier alpha value is -1.44. The van der Waals surface area contributed by atoms with Gasteiger partial charge in [0.05, 0.1) is 5.56 Å². The van der Waals surface area contributed by atoms with Crippen molar-refractivity contribution in [3.8, 4) is 0 Å². The lowest BCUT2D eigenvalue weighted by Gasteiger charge is -2.04. The zero-order chi connectivity index (χ0) is 14.0. The molecule has 1 aromatic carbocycles. The van der Waals surface area contributed by atoms with Gasteiger partial charge in [-0.25, -0.2) is 4.39 Å². The first-order chi connectivity index (χ1) is 8.97.